The molecule has 1 aliphatic rings. The molecule has 1 amide bonds. The number of hydrogen-bond donors (Lipinski definition) is 1. The molecule has 1 N–H and O–H groups in total. The lowest BCUT2D eigenvalue weighted by Crippen LogP contribution is -2.39. The monoisotopic (exact) mass is 371 g/mol. The predicted octanol–water partition coefficient (Wildman–Crippen LogP) is 3.55. The molecule has 1 unspecified atom stereocenters. The third kappa shape index (κ3) is 5.16. The van der Waals surface area contributed by atoms with Crippen LogP contribution in [-0.4, -0.2) is 38.1 Å². The summed E-state index contributed by atoms with van der Waals surface area (Å²) in [5.41, 5.74) is 1.09. The first-order chi connectivity index (χ1) is 13.0. The maximum atomic E-state index is 12.7. The molecule has 1 saturated carbocycles. The number of nitrogens with one attached hydrogen (secondary N) is 1. The van der Waals surface area contributed by atoms with Gasteiger partial charge >= 0.3 is 0 Å². The summed E-state index contributed by atoms with van der Waals surface area (Å²) in [7, 11) is 4.98. The van der Waals surface area contributed by atoms with Gasteiger partial charge in [0.25, 0.3) is 5.91 Å². The summed E-state index contributed by atoms with van der Waals surface area (Å²) in [4.78, 5) is 14.4. The zero-order valence-corrected chi connectivity index (χ0v) is 16.6. The second-order valence-corrected chi connectivity index (χ2v) is 6.88. The third-order valence-corrected chi connectivity index (χ3v) is 5.18. The first kappa shape index (κ1) is 20.6. The van der Waals surface area contributed by atoms with Crippen LogP contribution in [0, 0.1) is 11.3 Å². The molecule has 6 nitrogen and oxygen atoms in total. The topological polar surface area (TPSA) is 74.6 Å². The third-order valence-electron chi connectivity index (χ3n) is 5.18. The van der Waals surface area contributed by atoms with E-state index in [1.807, 2.05) is 31.2 Å². The molecule has 0 aromatic heterocycles. The van der Waals surface area contributed by atoms with E-state index >= 15 is 0 Å². The quantitative estimate of drug-likeness (QED) is 0.586. The van der Waals surface area contributed by atoms with E-state index in [1.165, 1.54) is 12.6 Å². The van der Waals surface area contributed by atoms with E-state index in [4.69, 9.17) is 9.47 Å². The van der Waals surface area contributed by atoms with Gasteiger partial charge in [0.05, 0.1) is 14.2 Å². The van der Waals surface area contributed by atoms with Gasteiger partial charge in [0.2, 0.25) is 0 Å². The van der Waals surface area contributed by atoms with Crippen molar-refractivity contribution in [2.75, 3.05) is 21.3 Å². The Morgan fingerprint density at radius 1 is 1.26 bits per heavy atom. The smallest absolute Gasteiger partial charge is 0.265 e. The highest BCUT2D eigenvalue weighted by molar-refractivity contribution is 5.97. The Bertz CT molecular complexity index is 718. The van der Waals surface area contributed by atoms with E-state index in [0.717, 1.165) is 31.2 Å². The van der Waals surface area contributed by atoms with Crippen LogP contribution in [0.1, 0.15) is 50.6 Å². The fourth-order valence-corrected chi connectivity index (χ4v) is 3.39. The summed E-state index contributed by atoms with van der Waals surface area (Å²) in [5.74, 6) is 1.07. The number of amides is 1. The van der Waals surface area contributed by atoms with Crippen LogP contribution in [0.4, 0.5) is 0 Å². The van der Waals surface area contributed by atoms with E-state index in [-0.39, 0.29) is 23.6 Å². The molecule has 0 saturated heterocycles. The van der Waals surface area contributed by atoms with Crippen LogP contribution in [0.15, 0.2) is 30.0 Å². The van der Waals surface area contributed by atoms with Crippen molar-refractivity contribution in [3.05, 3.63) is 35.5 Å². The van der Waals surface area contributed by atoms with Crippen molar-refractivity contribution in [1.82, 2.24) is 10.2 Å². The average Bonchev–Trinajstić information content (AvgIpc) is 2.73. The SMILES string of the molecule is COc1ccc(C(C)N/C=C(/C#N)C(=O)N(C)C2CCCCC2)cc1OC. The second-order valence-electron chi connectivity index (χ2n) is 6.88. The van der Waals surface area contributed by atoms with Gasteiger partial charge in [0.15, 0.2) is 11.5 Å². The molecule has 27 heavy (non-hydrogen) atoms. The molecule has 0 aliphatic heterocycles. The minimum atomic E-state index is -0.226. The summed E-state index contributed by atoms with van der Waals surface area (Å²) in [6.07, 6.45) is 7.05. The standard InChI is InChI=1S/C21H29N3O3/c1-15(16-10-11-19(26-3)20(12-16)27-4)23-14-17(13-22)21(25)24(2)18-8-6-5-7-9-18/h10-12,14-15,18,23H,5-9H2,1-4H3/b17-14-. The largest absolute Gasteiger partial charge is 0.493 e. The van der Waals surface area contributed by atoms with Crippen LogP contribution < -0.4 is 14.8 Å². The van der Waals surface area contributed by atoms with Gasteiger partial charge in [-0.25, -0.2) is 0 Å². The van der Waals surface area contributed by atoms with E-state index in [2.05, 4.69) is 5.32 Å². The van der Waals surface area contributed by atoms with E-state index in [1.54, 1.807) is 26.2 Å². The maximum absolute atomic E-state index is 12.7. The Morgan fingerprint density at radius 3 is 2.52 bits per heavy atom. The van der Waals surface area contributed by atoms with Gasteiger partial charge in [-0.3, -0.25) is 4.79 Å². The lowest BCUT2D eigenvalue weighted by Gasteiger charge is -2.31. The van der Waals surface area contributed by atoms with Gasteiger partial charge in [-0.2, -0.15) is 5.26 Å². The minimum absolute atomic E-state index is 0.0963. The molecule has 1 aromatic carbocycles. The summed E-state index contributed by atoms with van der Waals surface area (Å²) in [6.45, 7) is 1.96. The molecule has 1 aromatic rings. The Labute approximate surface area is 161 Å². The zero-order valence-electron chi connectivity index (χ0n) is 16.6. The number of methoxy groups -OCH3 is 2. The van der Waals surface area contributed by atoms with Crippen LogP contribution in [0.5, 0.6) is 11.5 Å². The van der Waals surface area contributed by atoms with Gasteiger partial charge in [0.1, 0.15) is 11.6 Å². The van der Waals surface area contributed by atoms with Crippen LogP contribution in [0.3, 0.4) is 0 Å². The molecule has 0 heterocycles. The first-order valence-electron chi connectivity index (χ1n) is 9.37. The van der Waals surface area contributed by atoms with E-state index in [9.17, 15) is 10.1 Å². The Kier molecular flexibility index (Phi) is 7.54. The number of carbonyl (C=O) groups excluding carboxylic acids is 1. The molecule has 0 radical (unpaired) electrons. The number of nitriles is 1. The molecular formula is C21H29N3O3. The number of benzene rings is 1. The van der Waals surface area contributed by atoms with Crippen LogP contribution in [-0.2, 0) is 4.79 Å². The van der Waals surface area contributed by atoms with Crippen molar-refractivity contribution in [3.63, 3.8) is 0 Å². The Morgan fingerprint density at radius 2 is 1.93 bits per heavy atom. The number of likely N-dealkylation sites (N-methyl/N-ethyl adjacent to an activating group) is 1. The fourth-order valence-electron chi connectivity index (χ4n) is 3.39. The Balaban J connectivity index is 2.07. The zero-order chi connectivity index (χ0) is 19.8. The molecule has 1 aliphatic carbocycles. The van der Waals surface area contributed by atoms with Gasteiger partial charge < -0.3 is 19.7 Å². The maximum Gasteiger partial charge on any atom is 0.265 e. The highest BCUT2D eigenvalue weighted by Crippen LogP contribution is 2.30. The number of carbonyl (C=O) groups is 1. The normalized spacial score (nSPS) is 16.2. The Hall–Kier alpha value is -2.68. The number of hydrogen-bond acceptors (Lipinski definition) is 5. The van der Waals surface area contributed by atoms with Crippen LogP contribution >= 0.6 is 0 Å². The van der Waals surface area contributed by atoms with E-state index < -0.39 is 0 Å². The predicted molar refractivity (Wildman–Crippen MR) is 104 cm³/mol. The highest BCUT2D eigenvalue weighted by atomic mass is 16.5. The van der Waals surface area contributed by atoms with Gasteiger partial charge in [-0.15, -0.1) is 0 Å². The molecular weight excluding hydrogens is 342 g/mol. The summed E-state index contributed by atoms with van der Waals surface area (Å²) in [6, 6.07) is 7.81. The molecule has 0 bridgehead atoms. The average molecular weight is 371 g/mol. The first-order valence-corrected chi connectivity index (χ1v) is 9.37. The van der Waals surface area contributed by atoms with Crippen molar-refractivity contribution in [2.45, 2.75) is 51.1 Å². The molecule has 1 atom stereocenters. The van der Waals surface area contributed by atoms with Crippen molar-refractivity contribution in [2.24, 2.45) is 0 Å². The van der Waals surface area contributed by atoms with Gasteiger partial charge in [-0.1, -0.05) is 25.3 Å². The van der Waals surface area contributed by atoms with E-state index in [0.29, 0.717) is 11.5 Å². The molecule has 146 valence electrons. The summed E-state index contributed by atoms with van der Waals surface area (Å²) < 4.78 is 10.6. The number of nitrogens with zero attached hydrogens (tertiary/aromatic N) is 2. The van der Waals surface area contributed by atoms with Crippen molar-refractivity contribution in [3.8, 4) is 17.6 Å². The molecule has 6 heteroatoms. The molecule has 1 fully saturated rings. The fraction of sp³-hybridized carbons (Fsp3) is 0.524. The minimum Gasteiger partial charge on any atom is -0.493 e. The van der Waals surface area contributed by atoms with Crippen LogP contribution in [0.25, 0.3) is 0 Å². The number of ether oxygens (including phenoxy) is 2. The van der Waals surface area contributed by atoms with Gasteiger partial charge in [0, 0.05) is 25.3 Å². The van der Waals surface area contributed by atoms with Crippen LogP contribution in [0.2, 0.25) is 0 Å². The summed E-state index contributed by atoms with van der Waals surface area (Å²) in [5, 5.41) is 12.6. The van der Waals surface area contributed by atoms with Crippen molar-refractivity contribution >= 4 is 5.91 Å². The molecule has 0 spiro atoms. The van der Waals surface area contributed by atoms with Gasteiger partial charge in [-0.05, 0) is 37.5 Å². The highest BCUT2D eigenvalue weighted by Gasteiger charge is 2.24. The molecule has 2 rings (SSSR count). The van der Waals surface area contributed by atoms with Crippen molar-refractivity contribution in [1.29, 1.82) is 5.26 Å². The second kappa shape index (κ2) is 9.86. The lowest BCUT2D eigenvalue weighted by molar-refractivity contribution is -0.128. The lowest BCUT2D eigenvalue weighted by atomic mass is 9.94. The summed E-state index contributed by atoms with van der Waals surface area (Å²) >= 11 is 0. The van der Waals surface area contributed by atoms with Crippen molar-refractivity contribution < 1.29 is 14.3 Å². The number of rotatable bonds is 7.